The van der Waals surface area contributed by atoms with Crippen LogP contribution in [0.15, 0.2) is 48.2 Å². The zero-order chi connectivity index (χ0) is 57.0. The number of amides is 4. The number of allylic oxidation sites excluding steroid dienone is 4. The molecule has 76 heavy (non-hydrogen) atoms. The molecule has 2 aromatic rings. The van der Waals surface area contributed by atoms with Gasteiger partial charge in [-0.3, -0.25) is 37.6 Å². The van der Waals surface area contributed by atoms with E-state index in [9.17, 15) is 81.0 Å². The molecular formula is C44H60N6O21S5. The fourth-order valence-electron chi connectivity index (χ4n) is 8.77. The second-order valence-corrected chi connectivity index (χ2v) is 25.4. The van der Waals surface area contributed by atoms with Crippen LogP contribution in [0.5, 0.6) is 0 Å². The number of carboxylic acids is 1. The number of rotatable bonds is 30. The molecular weight excluding hydrogens is 1110 g/mol. The monoisotopic (exact) mass is 1170 g/mol. The molecule has 32 heteroatoms. The Morgan fingerprint density at radius 3 is 1.71 bits per heavy atom. The molecule has 0 atom stereocenters. The van der Waals surface area contributed by atoms with E-state index in [1.807, 2.05) is 0 Å². The number of benzene rings is 2. The van der Waals surface area contributed by atoms with Crippen LogP contribution in [0.25, 0.3) is 0 Å². The zero-order valence-corrected chi connectivity index (χ0v) is 45.6. The summed E-state index contributed by atoms with van der Waals surface area (Å²) in [5, 5.41) is 31.1. The Hall–Kier alpha value is -5.39. The number of carboxylic acid groups (broad SMARTS) is 1. The largest absolute Gasteiger partial charge is 0.748 e. The SMILES string of the molecule is CC1(C)C(/C=C/C=C2/N(CCCCCC(=O)O)c3cc(C(=O)NCCS(=O)(=O)O)cc(C(=O)NCCS(=O)(=O)O)c3C2(C)C)=[N+](CCCS(=O)(=O)[O-])c2cc(C(=O)NCCSOOO)cc(C(=O)NCCS(=O)(=O)O)c21. The molecule has 2 heterocycles. The van der Waals surface area contributed by atoms with Crippen molar-refractivity contribution in [1.29, 1.82) is 0 Å². The molecule has 0 unspecified atom stereocenters. The number of nitrogens with zero attached hydrogens (tertiary/aromatic N) is 2. The molecule has 0 saturated heterocycles. The summed E-state index contributed by atoms with van der Waals surface area (Å²) in [4.78, 5) is 68.5. The molecule has 0 spiro atoms. The van der Waals surface area contributed by atoms with E-state index in [0.717, 1.165) is 0 Å². The summed E-state index contributed by atoms with van der Waals surface area (Å²) in [7, 11) is -18.3. The van der Waals surface area contributed by atoms with Crippen LogP contribution in [0, 0.1) is 0 Å². The Balaban J connectivity index is 1.98. The van der Waals surface area contributed by atoms with Crippen LogP contribution in [0.3, 0.4) is 0 Å². The van der Waals surface area contributed by atoms with Gasteiger partial charge in [0.1, 0.15) is 6.54 Å². The number of carbonyl (C=O) groups is 5. The van der Waals surface area contributed by atoms with E-state index in [0.29, 0.717) is 41.9 Å². The summed E-state index contributed by atoms with van der Waals surface area (Å²) in [5.41, 5.74) is -0.979. The number of nitrogens with one attached hydrogen (secondary N) is 4. The molecule has 27 nitrogen and oxygen atoms in total. The van der Waals surface area contributed by atoms with Gasteiger partial charge in [0.25, 0.3) is 54.0 Å². The predicted octanol–water partition coefficient (Wildman–Crippen LogP) is 1.53. The molecule has 0 aromatic heterocycles. The number of hydrogen-bond acceptors (Lipinski definition) is 19. The zero-order valence-electron chi connectivity index (χ0n) is 41.6. The summed E-state index contributed by atoms with van der Waals surface area (Å²) in [6.45, 7) is 5.16. The first kappa shape index (κ1) is 63.1. The average Bonchev–Trinajstić information content (AvgIpc) is 3.63. The molecule has 0 bridgehead atoms. The minimum atomic E-state index is -4.76. The Kier molecular flexibility index (Phi) is 21.9. The first-order valence-corrected chi connectivity index (χ1v) is 30.4. The third-order valence-electron chi connectivity index (χ3n) is 12.0. The van der Waals surface area contributed by atoms with Crippen LogP contribution in [0.1, 0.15) is 112 Å². The molecule has 2 aliphatic heterocycles. The van der Waals surface area contributed by atoms with Crippen LogP contribution >= 0.6 is 12.0 Å². The average molecular weight is 1170 g/mol. The molecule has 0 radical (unpaired) electrons. The fourth-order valence-corrected chi connectivity index (χ4v) is 10.6. The van der Waals surface area contributed by atoms with Gasteiger partial charge >= 0.3 is 5.97 Å². The summed E-state index contributed by atoms with van der Waals surface area (Å²) in [5.74, 6) is -7.66. The summed E-state index contributed by atoms with van der Waals surface area (Å²) < 4.78 is 139. The molecule has 0 fully saturated rings. The Bertz CT molecular complexity index is 3120. The maximum atomic E-state index is 14.0. The maximum Gasteiger partial charge on any atom is 0.303 e. The van der Waals surface area contributed by atoms with Crippen LogP contribution < -0.4 is 26.2 Å². The van der Waals surface area contributed by atoms with Crippen molar-refractivity contribution >= 4 is 99.2 Å². The fraction of sp³-hybridized carbons (Fsp3) is 0.500. The highest BCUT2D eigenvalue weighted by molar-refractivity contribution is 7.94. The van der Waals surface area contributed by atoms with Crippen LogP contribution in [-0.2, 0) is 65.5 Å². The molecule has 2 aromatic carbocycles. The van der Waals surface area contributed by atoms with Gasteiger partial charge in [0.05, 0.1) is 43.9 Å². The molecule has 4 rings (SSSR count). The predicted molar refractivity (Wildman–Crippen MR) is 274 cm³/mol. The summed E-state index contributed by atoms with van der Waals surface area (Å²) in [6.07, 6.45) is 5.50. The van der Waals surface area contributed by atoms with Gasteiger partial charge in [0.2, 0.25) is 5.69 Å². The lowest BCUT2D eigenvalue weighted by Crippen LogP contribution is -2.34. The van der Waals surface area contributed by atoms with Gasteiger partial charge in [-0.1, -0.05) is 31.4 Å². The van der Waals surface area contributed by atoms with E-state index in [2.05, 4.69) is 30.6 Å². The number of hydrogen-bond donors (Lipinski definition) is 9. The molecule has 0 aliphatic carbocycles. The van der Waals surface area contributed by atoms with E-state index < -0.39 is 124 Å². The Morgan fingerprint density at radius 2 is 1.20 bits per heavy atom. The van der Waals surface area contributed by atoms with E-state index in [4.69, 9.17) is 5.26 Å². The van der Waals surface area contributed by atoms with Gasteiger partial charge in [-0.2, -0.15) is 29.8 Å². The van der Waals surface area contributed by atoms with Crippen LogP contribution in [0.4, 0.5) is 11.4 Å². The standard InChI is InChI=1S/C44H60N6O21S5/c1-43(2)34(49(17-7-5-6-12-36(51)52)32-27-29(40(54)46-14-21-74(61,62)63)25-31(37(32)43)42(56)48-16-23-76(67,68)69)10-8-11-35-44(3,4)38-30(41(55)47-15-22-75(64,65)66)24-28(39(53)45-13-19-72-71-70-57)26-33(38)50(35)18-9-20-73(58,59)60/h8,10-11,24-27H,5-7,9,12-23H2,1-4H3,(H9-,45,46,47,48,51,52,53,54,55,56,57,58,59,60,61,62,63,64,65,66,67,68,69). The van der Waals surface area contributed by atoms with E-state index in [1.165, 1.54) is 24.3 Å². The first-order valence-electron chi connectivity index (χ1n) is 23.1. The summed E-state index contributed by atoms with van der Waals surface area (Å²) >= 11 is 0.646. The van der Waals surface area contributed by atoms with Crippen molar-refractivity contribution in [2.75, 3.05) is 72.9 Å². The smallest absolute Gasteiger partial charge is 0.303 e. The highest BCUT2D eigenvalue weighted by atomic mass is 32.2. The van der Waals surface area contributed by atoms with Crippen molar-refractivity contribution in [2.24, 2.45) is 0 Å². The number of aliphatic carboxylic acids is 1. The van der Waals surface area contributed by atoms with Gasteiger partial charge in [-0.15, -0.1) is 4.33 Å². The van der Waals surface area contributed by atoms with Crippen molar-refractivity contribution < 1.29 is 100 Å². The third kappa shape index (κ3) is 18.1. The van der Waals surface area contributed by atoms with Gasteiger partial charge in [-0.05, 0) is 51.0 Å². The quantitative estimate of drug-likeness (QED) is 0.0134. The number of anilines is 1. The molecule has 422 valence electrons. The van der Waals surface area contributed by atoms with Gasteiger partial charge in [0, 0.05) is 120 Å². The maximum absolute atomic E-state index is 14.0. The van der Waals surface area contributed by atoms with Crippen molar-refractivity contribution in [3.05, 3.63) is 81.6 Å². The highest BCUT2D eigenvalue weighted by Crippen LogP contribution is 2.50. The normalized spacial score (nSPS) is 15.7. The Morgan fingerprint density at radius 1 is 0.684 bits per heavy atom. The van der Waals surface area contributed by atoms with Crippen molar-refractivity contribution in [1.82, 2.24) is 21.3 Å². The van der Waals surface area contributed by atoms with Crippen LogP contribution in [-0.4, -0.2) is 170 Å². The lowest BCUT2D eigenvalue weighted by atomic mass is 9.78. The lowest BCUT2D eigenvalue weighted by Gasteiger charge is -2.27. The van der Waals surface area contributed by atoms with E-state index in [-0.39, 0.29) is 83.8 Å². The minimum Gasteiger partial charge on any atom is -0.748 e. The highest BCUT2D eigenvalue weighted by Gasteiger charge is 2.48. The lowest BCUT2D eigenvalue weighted by molar-refractivity contribution is -0.437. The minimum absolute atomic E-state index is 0.0451. The molecule has 4 amide bonds. The van der Waals surface area contributed by atoms with Crippen molar-refractivity contribution in [2.45, 2.75) is 70.6 Å². The first-order chi connectivity index (χ1) is 35.2. The van der Waals surface area contributed by atoms with E-state index in [1.54, 1.807) is 55.4 Å². The summed E-state index contributed by atoms with van der Waals surface area (Å²) in [6, 6.07) is 5.31. The number of carbonyl (C=O) groups excluding carboxylic acids is 4. The van der Waals surface area contributed by atoms with E-state index >= 15 is 0 Å². The number of fused-ring (bicyclic) bond motifs is 2. The van der Waals surface area contributed by atoms with Gasteiger partial charge < -0.3 is 35.8 Å². The number of unbranched alkanes of at least 4 members (excludes halogenated alkanes) is 2. The molecule has 2 aliphatic rings. The molecule has 0 saturated carbocycles. The van der Waals surface area contributed by atoms with Gasteiger partial charge in [0.15, 0.2) is 5.71 Å². The second-order valence-electron chi connectivity index (χ2n) is 18.4. The van der Waals surface area contributed by atoms with Crippen LogP contribution in [0.2, 0.25) is 0 Å². The van der Waals surface area contributed by atoms with Crippen molar-refractivity contribution in [3.63, 3.8) is 0 Å². The van der Waals surface area contributed by atoms with Crippen molar-refractivity contribution in [3.8, 4) is 0 Å². The van der Waals surface area contributed by atoms with Gasteiger partial charge in [-0.25, -0.2) is 13.7 Å². The third-order valence-corrected chi connectivity index (χ3v) is 15.5. The topological polar surface area (TPSA) is 419 Å². The second kappa shape index (κ2) is 26.3. The molecule has 9 N–H and O–H groups in total. The Labute approximate surface area is 443 Å².